The predicted octanol–water partition coefficient (Wildman–Crippen LogP) is 5.16. The van der Waals surface area contributed by atoms with Crippen LogP contribution in [-0.4, -0.2) is 13.7 Å². The number of methoxy groups -OCH3 is 1. The highest BCUT2D eigenvalue weighted by Gasteiger charge is 2.42. The Labute approximate surface area is 147 Å². The molecule has 0 spiro atoms. The Morgan fingerprint density at radius 3 is 2.88 bits per heavy atom. The van der Waals surface area contributed by atoms with E-state index in [4.69, 9.17) is 21.1 Å². The van der Waals surface area contributed by atoms with Crippen LogP contribution in [0.25, 0.3) is 0 Å². The molecule has 0 aromatic heterocycles. The lowest BCUT2D eigenvalue weighted by atomic mass is 9.80. The number of halogens is 1. The van der Waals surface area contributed by atoms with Crippen molar-refractivity contribution in [3.63, 3.8) is 0 Å². The van der Waals surface area contributed by atoms with Crippen LogP contribution in [0.5, 0.6) is 5.75 Å². The number of ether oxygens (including phenoxy) is 2. The fraction of sp³-hybridized carbons (Fsp3) is 0.400. The molecule has 0 aliphatic carbocycles. The van der Waals surface area contributed by atoms with Gasteiger partial charge in [-0.15, -0.1) is 0 Å². The molecular weight excluding hydrogens is 322 g/mol. The number of aryl methyl sites for hydroxylation is 1. The van der Waals surface area contributed by atoms with Crippen molar-refractivity contribution in [2.75, 3.05) is 19.0 Å². The van der Waals surface area contributed by atoms with E-state index < -0.39 is 0 Å². The Kier molecular flexibility index (Phi) is 4.15. The summed E-state index contributed by atoms with van der Waals surface area (Å²) in [6.07, 6.45) is 2.21. The normalized spacial score (nSPS) is 24.9. The molecule has 2 aliphatic heterocycles. The fourth-order valence-electron chi connectivity index (χ4n) is 4.00. The van der Waals surface area contributed by atoms with Gasteiger partial charge < -0.3 is 14.8 Å². The minimum Gasteiger partial charge on any atom is -0.496 e. The van der Waals surface area contributed by atoms with Crippen LogP contribution in [0.1, 0.15) is 42.2 Å². The molecule has 1 saturated heterocycles. The minimum absolute atomic E-state index is 0.140. The molecule has 4 rings (SSSR count). The van der Waals surface area contributed by atoms with Gasteiger partial charge in [0.25, 0.3) is 0 Å². The Morgan fingerprint density at radius 1 is 1.21 bits per heavy atom. The molecule has 2 heterocycles. The Bertz CT molecular complexity index is 761. The topological polar surface area (TPSA) is 30.5 Å². The predicted molar refractivity (Wildman–Crippen MR) is 97.0 cm³/mol. The molecule has 0 saturated carbocycles. The number of hydrogen-bond acceptors (Lipinski definition) is 3. The van der Waals surface area contributed by atoms with Crippen LogP contribution >= 0.6 is 11.6 Å². The van der Waals surface area contributed by atoms with E-state index in [0.29, 0.717) is 5.92 Å². The second kappa shape index (κ2) is 6.30. The van der Waals surface area contributed by atoms with E-state index in [1.807, 2.05) is 18.2 Å². The molecule has 0 radical (unpaired) electrons. The molecule has 3 atom stereocenters. The van der Waals surface area contributed by atoms with E-state index in [0.717, 1.165) is 41.5 Å². The molecule has 2 aliphatic rings. The summed E-state index contributed by atoms with van der Waals surface area (Å²) in [7, 11) is 1.71. The average Bonchev–Trinajstić information content (AvgIpc) is 3.10. The molecular formula is C20H22ClNO2. The van der Waals surface area contributed by atoms with Gasteiger partial charge in [-0.3, -0.25) is 0 Å². The maximum Gasteiger partial charge on any atom is 0.124 e. The van der Waals surface area contributed by atoms with Crippen LogP contribution < -0.4 is 10.1 Å². The molecule has 1 fully saturated rings. The van der Waals surface area contributed by atoms with E-state index in [-0.39, 0.29) is 12.1 Å². The molecule has 1 unspecified atom stereocenters. The van der Waals surface area contributed by atoms with Crippen LogP contribution in [0.15, 0.2) is 36.4 Å². The first-order valence-electron chi connectivity index (χ1n) is 8.55. The van der Waals surface area contributed by atoms with E-state index in [2.05, 4.69) is 30.4 Å². The third-order valence-corrected chi connectivity index (χ3v) is 5.47. The zero-order chi connectivity index (χ0) is 16.7. The van der Waals surface area contributed by atoms with Crippen molar-refractivity contribution in [2.45, 2.75) is 31.9 Å². The highest BCUT2D eigenvalue weighted by molar-refractivity contribution is 6.30. The first kappa shape index (κ1) is 15.8. The van der Waals surface area contributed by atoms with Crippen molar-refractivity contribution >= 4 is 17.3 Å². The fourth-order valence-corrected chi connectivity index (χ4v) is 4.18. The lowest BCUT2D eigenvalue weighted by Crippen LogP contribution is -2.29. The molecule has 1 N–H and O–H groups in total. The molecule has 3 nitrogen and oxygen atoms in total. The first-order chi connectivity index (χ1) is 11.7. The lowest BCUT2D eigenvalue weighted by molar-refractivity contribution is 0.0826. The molecule has 4 heteroatoms. The monoisotopic (exact) mass is 343 g/mol. The number of anilines is 1. The SMILES string of the molecule is CCc1ccc2c(c1)[C@H]1OCC[C@H]1C(c1cc(Cl)ccc1OC)N2. The highest BCUT2D eigenvalue weighted by atomic mass is 35.5. The third-order valence-electron chi connectivity index (χ3n) is 5.23. The number of rotatable bonds is 3. The summed E-state index contributed by atoms with van der Waals surface area (Å²) < 4.78 is 11.7. The summed E-state index contributed by atoms with van der Waals surface area (Å²) in [5, 5.41) is 4.45. The van der Waals surface area contributed by atoms with Crippen molar-refractivity contribution in [3.8, 4) is 5.75 Å². The molecule has 0 bridgehead atoms. The van der Waals surface area contributed by atoms with Crippen LogP contribution in [0.4, 0.5) is 5.69 Å². The van der Waals surface area contributed by atoms with Crippen molar-refractivity contribution in [1.82, 2.24) is 0 Å². The summed E-state index contributed by atoms with van der Waals surface area (Å²) in [4.78, 5) is 0. The van der Waals surface area contributed by atoms with Gasteiger partial charge in [-0.25, -0.2) is 0 Å². The quantitative estimate of drug-likeness (QED) is 0.835. The number of nitrogens with one attached hydrogen (secondary N) is 1. The zero-order valence-electron chi connectivity index (χ0n) is 14.0. The summed E-state index contributed by atoms with van der Waals surface area (Å²) >= 11 is 6.26. The van der Waals surface area contributed by atoms with Gasteiger partial charge in [0.2, 0.25) is 0 Å². The van der Waals surface area contributed by atoms with Crippen LogP contribution in [0.3, 0.4) is 0 Å². The van der Waals surface area contributed by atoms with Gasteiger partial charge in [0.15, 0.2) is 0 Å². The highest BCUT2D eigenvalue weighted by Crippen LogP contribution is 2.51. The van der Waals surface area contributed by atoms with Gasteiger partial charge in [0.1, 0.15) is 5.75 Å². The Hall–Kier alpha value is -1.71. The van der Waals surface area contributed by atoms with Gasteiger partial charge in [-0.05, 0) is 42.7 Å². The van der Waals surface area contributed by atoms with Gasteiger partial charge in [0, 0.05) is 34.4 Å². The molecule has 24 heavy (non-hydrogen) atoms. The second-order valence-corrected chi connectivity index (χ2v) is 6.96. The number of benzene rings is 2. The number of fused-ring (bicyclic) bond motifs is 3. The van der Waals surface area contributed by atoms with Crippen molar-refractivity contribution in [1.29, 1.82) is 0 Å². The van der Waals surface area contributed by atoms with Crippen molar-refractivity contribution in [3.05, 3.63) is 58.1 Å². The van der Waals surface area contributed by atoms with Crippen LogP contribution in [0.2, 0.25) is 5.02 Å². The van der Waals surface area contributed by atoms with E-state index >= 15 is 0 Å². The summed E-state index contributed by atoms with van der Waals surface area (Å²) in [6.45, 7) is 2.98. The summed E-state index contributed by atoms with van der Waals surface area (Å²) in [5.41, 5.74) is 4.90. The smallest absolute Gasteiger partial charge is 0.124 e. The van der Waals surface area contributed by atoms with Gasteiger partial charge in [0.05, 0.1) is 19.3 Å². The van der Waals surface area contributed by atoms with Crippen LogP contribution in [0, 0.1) is 5.92 Å². The largest absolute Gasteiger partial charge is 0.496 e. The van der Waals surface area contributed by atoms with Crippen molar-refractivity contribution in [2.24, 2.45) is 5.92 Å². The standard InChI is InChI=1S/C20H22ClNO2/c1-3-12-4-6-17-15(10-12)20-14(8-9-24-20)19(22-17)16-11-13(21)5-7-18(16)23-2/h4-7,10-11,14,19-20,22H,3,8-9H2,1-2H3/t14-,19?,20-/m0/s1. The minimum atomic E-state index is 0.140. The summed E-state index contributed by atoms with van der Waals surface area (Å²) in [5.74, 6) is 1.26. The number of hydrogen-bond donors (Lipinski definition) is 1. The molecule has 0 amide bonds. The maximum atomic E-state index is 6.26. The second-order valence-electron chi connectivity index (χ2n) is 6.53. The summed E-state index contributed by atoms with van der Waals surface area (Å²) in [6, 6.07) is 12.6. The molecule has 2 aromatic rings. The zero-order valence-corrected chi connectivity index (χ0v) is 14.8. The van der Waals surface area contributed by atoms with E-state index in [1.165, 1.54) is 11.1 Å². The first-order valence-corrected chi connectivity index (χ1v) is 8.93. The third kappa shape index (κ3) is 2.56. The Morgan fingerprint density at radius 2 is 2.08 bits per heavy atom. The average molecular weight is 344 g/mol. The van der Waals surface area contributed by atoms with E-state index in [1.54, 1.807) is 7.11 Å². The molecule has 126 valence electrons. The van der Waals surface area contributed by atoms with Gasteiger partial charge in [-0.2, -0.15) is 0 Å². The lowest BCUT2D eigenvalue weighted by Gasteiger charge is -2.37. The maximum absolute atomic E-state index is 6.26. The van der Waals surface area contributed by atoms with Crippen LogP contribution in [-0.2, 0) is 11.2 Å². The molecule has 2 aromatic carbocycles. The Balaban J connectivity index is 1.80. The van der Waals surface area contributed by atoms with E-state index in [9.17, 15) is 0 Å². The van der Waals surface area contributed by atoms with Crippen molar-refractivity contribution < 1.29 is 9.47 Å². The van der Waals surface area contributed by atoms with Gasteiger partial charge >= 0.3 is 0 Å². The van der Waals surface area contributed by atoms with Gasteiger partial charge in [-0.1, -0.05) is 30.7 Å².